The van der Waals surface area contributed by atoms with E-state index in [1.807, 2.05) is 55.5 Å². The summed E-state index contributed by atoms with van der Waals surface area (Å²) >= 11 is 2.03. The molecule has 198 valence electrons. The minimum Gasteiger partial charge on any atom is -0.493 e. The van der Waals surface area contributed by atoms with Crippen molar-refractivity contribution in [2.45, 2.75) is 20.8 Å². The number of carbonyl (C=O) groups excluding carboxylic acids is 3. The van der Waals surface area contributed by atoms with Gasteiger partial charge in [0.05, 0.1) is 22.6 Å². The van der Waals surface area contributed by atoms with Crippen molar-refractivity contribution < 1.29 is 28.2 Å². The maximum atomic E-state index is 13.6. The van der Waals surface area contributed by atoms with E-state index >= 15 is 0 Å². The van der Waals surface area contributed by atoms with Gasteiger partial charge in [0.15, 0.2) is 18.1 Å². The van der Waals surface area contributed by atoms with E-state index in [4.69, 9.17) is 9.47 Å². The third kappa shape index (κ3) is 7.51. The number of para-hydroxylation sites is 1. The van der Waals surface area contributed by atoms with E-state index < -0.39 is 17.6 Å². The number of aryl methyl sites for hydroxylation is 3. The van der Waals surface area contributed by atoms with Crippen molar-refractivity contribution in [2.24, 2.45) is 5.10 Å². The van der Waals surface area contributed by atoms with Gasteiger partial charge < -0.3 is 20.1 Å². The van der Waals surface area contributed by atoms with Gasteiger partial charge in [-0.3, -0.25) is 14.4 Å². The van der Waals surface area contributed by atoms with Gasteiger partial charge in [0.2, 0.25) is 0 Å². The Hall–Kier alpha value is -4.00. The number of hydrogen-bond donors (Lipinski definition) is 3. The highest BCUT2D eigenvalue weighted by Crippen LogP contribution is 2.33. The highest BCUT2D eigenvalue weighted by Gasteiger charge is 2.16. The number of rotatable bonds is 8. The van der Waals surface area contributed by atoms with Crippen LogP contribution < -0.4 is 25.5 Å². The van der Waals surface area contributed by atoms with Crippen molar-refractivity contribution in [3.8, 4) is 11.5 Å². The summed E-state index contributed by atoms with van der Waals surface area (Å²) in [5.74, 6) is -2.42. The number of methoxy groups -OCH3 is 1. The third-order valence-corrected chi connectivity index (χ3v) is 6.05. The van der Waals surface area contributed by atoms with Gasteiger partial charge >= 0.3 is 11.8 Å². The Morgan fingerprint density at radius 3 is 2.34 bits per heavy atom. The molecule has 0 saturated carbocycles. The smallest absolute Gasteiger partial charge is 0.329 e. The molecule has 0 atom stereocenters. The van der Waals surface area contributed by atoms with Gasteiger partial charge in [0.1, 0.15) is 5.82 Å². The Morgan fingerprint density at radius 1 is 1.00 bits per heavy atom. The number of anilines is 2. The summed E-state index contributed by atoms with van der Waals surface area (Å²) < 4.78 is 25.4. The zero-order valence-electron chi connectivity index (χ0n) is 21.1. The molecule has 3 aromatic rings. The highest BCUT2D eigenvalue weighted by atomic mass is 127. The molecule has 3 rings (SSSR count). The summed E-state index contributed by atoms with van der Waals surface area (Å²) in [6.07, 6.45) is 1.30. The van der Waals surface area contributed by atoms with E-state index in [0.29, 0.717) is 20.6 Å². The average Bonchev–Trinajstić information content (AvgIpc) is 2.86. The molecule has 3 amide bonds. The number of benzene rings is 3. The molecule has 0 aromatic heterocycles. The van der Waals surface area contributed by atoms with Gasteiger partial charge in [-0.2, -0.15) is 5.10 Å². The van der Waals surface area contributed by atoms with E-state index in [9.17, 15) is 18.8 Å². The first-order chi connectivity index (χ1) is 18.1. The van der Waals surface area contributed by atoms with Crippen LogP contribution in [-0.2, 0) is 14.4 Å². The molecular formula is C27H26FIN4O5. The molecule has 3 aromatic carbocycles. The standard InChI is InChI=1S/C27H26FIN4O5/c1-15-9-16(2)24(17(3)10-15)32-23(34)14-38-25-20(29)11-18(12-22(25)37-4)13-30-33-27(36)26(35)31-21-8-6-5-7-19(21)28/h5-13H,14H2,1-4H3,(H,31,35)(H,32,34)(H,33,36)/b30-13-. The first kappa shape index (κ1) is 28.6. The van der Waals surface area contributed by atoms with Crippen LogP contribution in [0.25, 0.3) is 0 Å². The number of nitrogens with one attached hydrogen (secondary N) is 3. The van der Waals surface area contributed by atoms with Crippen molar-refractivity contribution in [2.75, 3.05) is 24.4 Å². The van der Waals surface area contributed by atoms with Crippen molar-refractivity contribution in [1.82, 2.24) is 5.43 Å². The number of halogens is 2. The third-order valence-electron chi connectivity index (χ3n) is 5.25. The summed E-state index contributed by atoms with van der Waals surface area (Å²) in [7, 11) is 1.45. The molecule has 0 bridgehead atoms. The van der Waals surface area contributed by atoms with Gasteiger partial charge in [0.25, 0.3) is 5.91 Å². The summed E-state index contributed by atoms with van der Waals surface area (Å²) in [5, 5.41) is 8.83. The molecule has 0 saturated heterocycles. The topological polar surface area (TPSA) is 118 Å². The lowest BCUT2D eigenvalue weighted by molar-refractivity contribution is -0.136. The van der Waals surface area contributed by atoms with Gasteiger partial charge in [0, 0.05) is 5.69 Å². The zero-order chi connectivity index (χ0) is 27.8. The van der Waals surface area contributed by atoms with E-state index in [2.05, 4.69) is 21.2 Å². The molecule has 0 heterocycles. The summed E-state index contributed by atoms with van der Waals surface area (Å²) in [4.78, 5) is 36.5. The van der Waals surface area contributed by atoms with Gasteiger partial charge in [-0.25, -0.2) is 9.82 Å². The molecule has 0 aliphatic carbocycles. The molecule has 11 heteroatoms. The Morgan fingerprint density at radius 2 is 1.68 bits per heavy atom. The van der Waals surface area contributed by atoms with Crippen LogP contribution in [0.4, 0.5) is 15.8 Å². The van der Waals surface area contributed by atoms with Crippen LogP contribution in [-0.4, -0.2) is 37.7 Å². The Bertz CT molecular complexity index is 1390. The fourth-order valence-corrected chi connectivity index (χ4v) is 4.38. The fourth-order valence-electron chi connectivity index (χ4n) is 3.60. The van der Waals surface area contributed by atoms with Crippen molar-refractivity contribution >= 4 is 57.9 Å². The van der Waals surface area contributed by atoms with Gasteiger partial charge in [-0.05, 0) is 84.3 Å². The summed E-state index contributed by atoms with van der Waals surface area (Å²) in [5.41, 5.74) is 6.29. The maximum absolute atomic E-state index is 13.6. The molecular weight excluding hydrogens is 606 g/mol. The Balaban J connectivity index is 1.61. The number of hydrogen-bond acceptors (Lipinski definition) is 6. The van der Waals surface area contributed by atoms with Crippen molar-refractivity contribution in [1.29, 1.82) is 0 Å². The molecule has 9 nitrogen and oxygen atoms in total. The van der Waals surface area contributed by atoms with Crippen molar-refractivity contribution in [3.05, 3.63) is 80.2 Å². The second kappa shape index (κ2) is 13.0. The minimum absolute atomic E-state index is 0.121. The highest BCUT2D eigenvalue weighted by molar-refractivity contribution is 14.1. The molecule has 0 aliphatic heterocycles. The second-order valence-electron chi connectivity index (χ2n) is 8.28. The molecule has 38 heavy (non-hydrogen) atoms. The normalized spacial score (nSPS) is 10.7. The molecule has 0 unspecified atom stereocenters. The molecule has 3 N–H and O–H groups in total. The number of ether oxygens (including phenoxy) is 2. The lowest BCUT2D eigenvalue weighted by Gasteiger charge is -2.15. The largest absolute Gasteiger partial charge is 0.493 e. The van der Waals surface area contributed by atoms with E-state index in [1.54, 1.807) is 12.1 Å². The van der Waals surface area contributed by atoms with Crippen LogP contribution >= 0.6 is 22.6 Å². The molecule has 0 fully saturated rings. The van der Waals surface area contributed by atoms with Crippen LogP contribution in [0.3, 0.4) is 0 Å². The fraction of sp³-hybridized carbons (Fsp3) is 0.185. The number of amides is 3. The lowest BCUT2D eigenvalue weighted by atomic mass is 10.1. The minimum atomic E-state index is -1.07. The van der Waals surface area contributed by atoms with E-state index in [0.717, 1.165) is 28.4 Å². The predicted octanol–water partition coefficient (Wildman–Crippen LogP) is 4.47. The van der Waals surface area contributed by atoms with Crippen LogP contribution in [0, 0.1) is 30.2 Å². The van der Waals surface area contributed by atoms with E-state index in [1.165, 1.54) is 31.5 Å². The molecule has 0 spiro atoms. The first-order valence-corrected chi connectivity index (χ1v) is 12.4. The first-order valence-electron chi connectivity index (χ1n) is 11.4. The SMILES string of the molecule is COc1cc(/C=N\NC(=O)C(=O)Nc2ccccc2F)cc(I)c1OCC(=O)Nc1c(C)cc(C)cc1C. The van der Waals surface area contributed by atoms with Crippen LogP contribution in [0.5, 0.6) is 11.5 Å². The monoisotopic (exact) mass is 632 g/mol. The molecule has 0 radical (unpaired) electrons. The van der Waals surface area contributed by atoms with Crippen LogP contribution in [0.2, 0.25) is 0 Å². The van der Waals surface area contributed by atoms with Gasteiger partial charge in [-0.15, -0.1) is 0 Å². The average molecular weight is 632 g/mol. The lowest BCUT2D eigenvalue weighted by Crippen LogP contribution is -2.32. The maximum Gasteiger partial charge on any atom is 0.329 e. The summed E-state index contributed by atoms with van der Waals surface area (Å²) in [6, 6.07) is 12.8. The van der Waals surface area contributed by atoms with Crippen LogP contribution in [0.1, 0.15) is 22.3 Å². The number of nitrogens with zero attached hydrogens (tertiary/aromatic N) is 1. The second-order valence-corrected chi connectivity index (χ2v) is 9.44. The number of hydrazone groups is 1. The molecule has 0 aliphatic rings. The zero-order valence-corrected chi connectivity index (χ0v) is 23.3. The van der Waals surface area contributed by atoms with Crippen LogP contribution in [0.15, 0.2) is 53.6 Å². The number of carbonyl (C=O) groups is 3. The Kier molecular flexibility index (Phi) is 9.77. The van der Waals surface area contributed by atoms with Gasteiger partial charge in [-0.1, -0.05) is 29.8 Å². The Labute approximate surface area is 232 Å². The van der Waals surface area contributed by atoms with Crippen molar-refractivity contribution in [3.63, 3.8) is 0 Å². The summed E-state index contributed by atoms with van der Waals surface area (Å²) in [6.45, 7) is 5.62. The quantitative estimate of drug-likeness (QED) is 0.147. The van der Waals surface area contributed by atoms with E-state index in [-0.39, 0.29) is 18.2 Å². The predicted molar refractivity (Wildman–Crippen MR) is 151 cm³/mol.